The van der Waals surface area contributed by atoms with E-state index >= 15 is 0 Å². The smallest absolute Gasteiger partial charge is 0.129 e. The summed E-state index contributed by atoms with van der Waals surface area (Å²) < 4.78 is -0.357. The summed E-state index contributed by atoms with van der Waals surface area (Å²) in [4.78, 5) is 10.6. The first kappa shape index (κ1) is 14.3. The number of nitrogens with zero attached hydrogens (tertiary/aromatic N) is 1. The molecule has 0 aliphatic rings. The average molecular weight is 213 g/mol. The van der Waals surface area contributed by atoms with Crippen LogP contribution in [-0.4, -0.2) is 24.5 Å². The lowest BCUT2D eigenvalue weighted by Gasteiger charge is -2.28. The molecule has 0 N–H and O–H groups in total. The molecule has 0 saturated heterocycles. The van der Waals surface area contributed by atoms with E-state index in [0.717, 1.165) is 32.1 Å². The lowest BCUT2D eigenvalue weighted by molar-refractivity contribution is -0.785. The predicted octanol–water partition coefficient (Wildman–Crippen LogP) is 3.00. The Hall–Kier alpha value is -0.670. The van der Waals surface area contributed by atoms with Crippen molar-refractivity contribution in [1.82, 2.24) is 0 Å². The molecule has 0 fully saturated rings. The summed E-state index contributed by atoms with van der Waals surface area (Å²) >= 11 is 0. The van der Waals surface area contributed by atoms with Gasteiger partial charge in [-0.3, -0.25) is 0 Å². The van der Waals surface area contributed by atoms with E-state index < -0.39 is 0 Å². The average Bonchev–Trinajstić information content (AvgIpc) is 2.07. The molecule has 0 aliphatic heterocycles. The van der Waals surface area contributed by atoms with Gasteiger partial charge in [0, 0.05) is 6.42 Å². The molecular formula is C12H23NO2. The highest BCUT2D eigenvalue weighted by atomic mass is 16.5. The third kappa shape index (κ3) is 13.3. The maximum absolute atomic E-state index is 11.1. The van der Waals surface area contributed by atoms with Crippen LogP contribution in [0.15, 0.2) is 12.3 Å². The highest BCUT2D eigenvalue weighted by Gasteiger charge is 1.94. The molecule has 0 bridgehead atoms. The van der Waals surface area contributed by atoms with Gasteiger partial charge < -0.3 is 14.6 Å². The van der Waals surface area contributed by atoms with Gasteiger partial charge in [0.2, 0.25) is 0 Å². The van der Waals surface area contributed by atoms with Crippen molar-refractivity contribution in [2.24, 2.45) is 0 Å². The summed E-state index contributed by atoms with van der Waals surface area (Å²) in [6, 6.07) is 0. The molecule has 88 valence electrons. The van der Waals surface area contributed by atoms with Crippen LogP contribution in [0.5, 0.6) is 0 Å². The molecule has 0 aromatic rings. The van der Waals surface area contributed by atoms with Gasteiger partial charge in [-0.1, -0.05) is 12.8 Å². The van der Waals surface area contributed by atoms with Crippen molar-refractivity contribution >= 4 is 5.78 Å². The van der Waals surface area contributed by atoms with Gasteiger partial charge in [-0.25, -0.2) is 0 Å². The monoisotopic (exact) mass is 213 g/mol. The number of hydroxylamine groups is 3. The molecule has 0 amide bonds. The molecule has 0 unspecified atom stereocenters. The fraction of sp³-hybridized carbons (Fsp3) is 0.750. The Balaban J connectivity index is 3.26. The fourth-order valence-corrected chi connectivity index (χ4v) is 1.32. The molecule has 0 aromatic carbocycles. The van der Waals surface area contributed by atoms with Crippen molar-refractivity contribution < 1.29 is 9.44 Å². The number of allylic oxidation sites excluding steroid dienone is 1. The quantitative estimate of drug-likeness (QED) is 0.353. The van der Waals surface area contributed by atoms with Gasteiger partial charge in [-0.15, -0.1) is 0 Å². The summed E-state index contributed by atoms with van der Waals surface area (Å²) in [7, 11) is 3.20. The van der Waals surface area contributed by atoms with Gasteiger partial charge in [-0.2, -0.15) is 0 Å². The van der Waals surface area contributed by atoms with E-state index in [9.17, 15) is 10.0 Å². The molecule has 0 saturated carbocycles. The zero-order valence-corrected chi connectivity index (χ0v) is 10.2. The Morgan fingerprint density at radius 2 is 1.80 bits per heavy atom. The number of rotatable bonds is 8. The van der Waals surface area contributed by atoms with Crippen LogP contribution in [0.1, 0.15) is 45.4 Å². The van der Waals surface area contributed by atoms with E-state index in [1.54, 1.807) is 27.2 Å². The number of hydrogen-bond acceptors (Lipinski definition) is 2. The minimum atomic E-state index is -0.357. The predicted molar refractivity (Wildman–Crippen MR) is 63.0 cm³/mol. The van der Waals surface area contributed by atoms with E-state index in [4.69, 9.17) is 0 Å². The number of Topliss-reactive ketones (excluding diaryl/α,β-unsaturated/α-hetero) is 1. The molecule has 15 heavy (non-hydrogen) atoms. The van der Waals surface area contributed by atoms with Crippen molar-refractivity contribution in [2.75, 3.05) is 14.1 Å². The zero-order valence-electron chi connectivity index (χ0n) is 10.2. The van der Waals surface area contributed by atoms with Gasteiger partial charge in [0.05, 0.1) is 20.3 Å². The fourth-order valence-electron chi connectivity index (χ4n) is 1.32. The van der Waals surface area contributed by atoms with E-state index in [0.29, 0.717) is 6.42 Å². The van der Waals surface area contributed by atoms with Crippen LogP contribution >= 0.6 is 0 Å². The van der Waals surface area contributed by atoms with Gasteiger partial charge in [0.25, 0.3) is 0 Å². The van der Waals surface area contributed by atoms with Crippen LogP contribution in [0.2, 0.25) is 0 Å². The number of quaternary nitrogens is 1. The zero-order chi connectivity index (χ0) is 11.7. The highest BCUT2D eigenvalue weighted by Crippen LogP contribution is 2.07. The number of carbonyl (C=O) groups is 1. The SMILES string of the molecule is CC(=O)CCCCCC/C=C\[N+](C)(C)[O-]. The maximum atomic E-state index is 11.1. The van der Waals surface area contributed by atoms with Crippen LogP contribution < -0.4 is 0 Å². The van der Waals surface area contributed by atoms with Crippen LogP contribution in [0.25, 0.3) is 0 Å². The van der Waals surface area contributed by atoms with Crippen LogP contribution in [0.4, 0.5) is 0 Å². The van der Waals surface area contributed by atoms with E-state index in [1.165, 1.54) is 0 Å². The van der Waals surface area contributed by atoms with E-state index in [-0.39, 0.29) is 10.4 Å². The number of unbranched alkanes of at least 4 members (excludes halogenated alkanes) is 4. The van der Waals surface area contributed by atoms with Gasteiger partial charge in [0.1, 0.15) is 5.78 Å². The van der Waals surface area contributed by atoms with Gasteiger partial charge >= 0.3 is 0 Å². The third-order valence-electron chi connectivity index (χ3n) is 2.11. The number of carbonyl (C=O) groups excluding carboxylic acids is 1. The molecule has 0 atom stereocenters. The maximum Gasteiger partial charge on any atom is 0.129 e. The van der Waals surface area contributed by atoms with Crippen molar-refractivity contribution in [1.29, 1.82) is 0 Å². The second kappa shape index (κ2) is 7.60. The van der Waals surface area contributed by atoms with Crippen LogP contribution in [-0.2, 0) is 4.79 Å². The lowest BCUT2D eigenvalue weighted by atomic mass is 10.1. The molecule has 0 aliphatic carbocycles. The third-order valence-corrected chi connectivity index (χ3v) is 2.11. The van der Waals surface area contributed by atoms with Crippen molar-refractivity contribution in [3.05, 3.63) is 17.5 Å². The first-order chi connectivity index (χ1) is 6.92. The largest absolute Gasteiger partial charge is 0.628 e. The first-order valence-electron chi connectivity index (χ1n) is 5.63. The number of hydrogen-bond donors (Lipinski definition) is 0. The Morgan fingerprint density at radius 3 is 2.33 bits per heavy atom. The Kier molecular flexibility index (Phi) is 7.26. The summed E-state index contributed by atoms with van der Waals surface area (Å²) in [5.74, 6) is 0.278. The van der Waals surface area contributed by atoms with Crippen molar-refractivity contribution in [3.8, 4) is 0 Å². The molecule has 0 radical (unpaired) electrons. The van der Waals surface area contributed by atoms with Crippen LogP contribution in [0.3, 0.4) is 0 Å². The summed E-state index contributed by atoms with van der Waals surface area (Å²) in [6.07, 6.45) is 9.64. The second-order valence-corrected chi connectivity index (χ2v) is 4.47. The molecular weight excluding hydrogens is 190 g/mol. The summed E-state index contributed by atoms with van der Waals surface area (Å²) in [5.41, 5.74) is 0. The molecule has 0 rings (SSSR count). The highest BCUT2D eigenvalue weighted by molar-refractivity contribution is 5.75. The topological polar surface area (TPSA) is 40.1 Å². The molecule has 3 nitrogen and oxygen atoms in total. The Bertz CT molecular complexity index is 204. The lowest BCUT2D eigenvalue weighted by Crippen LogP contribution is -2.23. The van der Waals surface area contributed by atoms with Gasteiger partial charge in [-0.05, 0) is 32.3 Å². The minimum absolute atomic E-state index is 0.278. The Morgan fingerprint density at radius 1 is 1.20 bits per heavy atom. The van der Waals surface area contributed by atoms with E-state index in [1.807, 2.05) is 6.08 Å². The van der Waals surface area contributed by atoms with Crippen molar-refractivity contribution in [2.45, 2.75) is 45.4 Å². The van der Waals surface area contributed by atoms with Gasteiger partial charge in [0.15, 0.2) is 0 Å². The minimum Gasteiger partial charge on any atom is -0.628 e. The first-order valence-corrected chi connectivity index (χ1v) is 5.63. The normalized spacial score (nSPS) is 12.3. The molecule has 0 spiro atoms. The second-order valence-electron chi connectivity index (χ2n) is 4.47. The number of ketones is 1. The standard InChI is InChI=1S/C12H23NO2/c1-12(14)10-8-6-4-5-7-9-11-13(2,3)15/h9,11H,4-8,10H2,1-3H3/b11-9-. The molecule has 0 heterocycles. The molecule has 0 aromatic heterocycles. The van der Waals surface area contributed by atoms with E-state index in [2.05, 4.69) is 0 Å². The van der Waals surface area contributed by atoms with Crippen LogP contribution in [0, 0.1) is 5.21 Å². The Labute approximate surface area is 92.9 Å². The molecule has 3 heteroatoms. The van der Waals surface area contributed by atoms with Crippen molar-refractivity contribution in [3.63, 3.8) is 0 Å². The summed E-state index contributed by atoms with van der Waals surface area (Å²) in [5, 5.41) is 11.1. The summed E-state index contributed by atoms with van der Waals surface area (Å²) in [6.45, 7) is 1.64.